The number of nitrogens with zero attached hydrogens (tertiary/aromatic N) is 4. The van der Waals surface area contributed by atoms with Gasteiger partial charge in [0, 0.05) is 31.7 Å². The highest BCUT2D eigenvalue weighted by atomic mass is 16.5. The molecular weight excluding hydrogens is 420 g/mol. The highest BCUT2D eigenvalue weighted by Gasteiger charge is 2.32. The number of amides is 1. The lowest BCUT2D eigenvalue weighted by molar-refractivity contribution is -0.133. The largest absolute Gasteiger partial charge is 0.394 e. The Hall–Kier alpha value is -3.01. The van der Waals surface area contributed by atoms with Gasteiger partial charge in [0.25, 0.3) is 0 Å². The summed E-state index contributed by atoms with van der Waals surface area (Å²) in [6, 6.07) is 11.9. The van der Waals surface area contributed by atoms with E-state index in [4.69, 9.17) is 14.7 Å². The van der Waals surface area contributed by atoms with Gasteiger partial charge < -0.3 is 29.9 Å². The molecule has 5 rings (SSSR count). The van der Waals surface area contributed by atoms with E-state index in [0.29, 0.717) is 26.1 Å². The Morgan fingerprint density at radius 2 is 2.03 bits per heavy atom. The van der Waals surface area contributed by atoms with Gasteiger partial charge in [-0.3, -0.25) is 4.79 Å². The molecular formula is C24H30N6O3. The SMILES string of the molecule is Cc1nc2cccc3c2n1C[C@H](OCCO)CN(C)C(=O)[C@@H]1C[C@@H](CN1)Nc1cccc-3n1. The molecule has 0 saturated carbocycles. The maximum absolute atomic E-state index is 13.1. The van der Waals surface area contributed by atoms with E-state index >= 15 is 0 Å². The fourth-order valence-corrected chi connectivity index (χ4v) is 4.89. The number of hydrogen-bond donors (Lipinski definition) is 3. The molecule has 2 aromatic heterocycles. The Kier molecular flexibility index (Phi) is 6.01. The number of anilines is 1. The standard InChI is InChI=1S/C24H30N6O3/c1-15-26-20-7-3-5-18-19-6-4-8-22(28-19)27-16-11-21(25-12-16)24(32)29(2)13-17(33-10-9-31)14-30(15)23(18)20/h3-8,16-17,21,25,31H,9-14H2,1-2H3,(H,27,28)/t16-,17+,21-/m0/s1. The summed E-state index contributed by atoms with van der Waals surface area (Å²) in [6.07, 6.45) is 0.394. The second-order valence-corrected chi connectivity index (χ2v) is 8.82. The second-order valence-electron chi connectivity index (χ2n) is 8.82. The van der Waals surface area contributed by atoms with Gasteiger partial charge in [-0.1, -0.05) is 18.2 Å². The van der Waals surface area contributed by atoms with Crippen LogP contribution in [0.5, 0.6) is 0 Å². The molecule has 3 N–H and O–H groups in total. The fourth-order valence-electron chi connectivity index (χ4n) is 4.89. The van der Waals surface area contributed by atoms with Crippen molar-refractivity contribution in [2.24, 2.45) is 0 Å². The molecule has 1 fully saturated rings. The highest BCUT2D eigenvalue weighted by Crippen LogP contribution is 2.30. The first-order valence-electron chi connectivity index (χ1n) is 11.4. The van der Waals surface area contributed by atoms with Crippen LogP contribution in [-0.2, 0) is 16.1 Å². The van der Waals surface area contributed by atoms with E-state index in [-0.39, 0.29) is 37.3 Å². The van der Waals surface area contributed by atoms with Gasteiger partial charge in [-0.05, 0) is 31.5 Å². The van der Waals surface area contributed by atoms with Gasteiger partial charge >= 0.3 is 0 Å². The number of pyridine rings is 1. The van der Waals surface area contributed by atoms with E-state index in [1.807, 2.05) is 44.3 Å². The Morgan fingerprint density at radius 3 is 2.88 bits per heavy atom. The Bertz CT molecular complexity index is 1160. The summed E-state index contributed by atoms with van der Waals surface area (Å²) in [7, 11) is 1.81. The molecule has 3 aromatic rings. The molecule has 0 aliphatic carbocycles. The van der Waals surface area contributed by atoms with E-state index in [1.165, 1.54) is 0 Å². The lowest BCUT2D eigenvalue weighted by Crippen LogP contribution is -2.45. The number of fused-ring (bicyclic) bond motifs is 5. The molecule has 0 radical (unpaired) electrons. The second kappa shape index (κ2) is 9.09. The minimum Gasteiger partial charge on any atom is -0.394 e. The van der Waals surface area contributed by atoms with Crippen LogP contribution in [0, 0.1) is 6.92 Å². The monoisotopic (exact) mass is 450 g/mol. The number of hydrogen-bond acceptors (Lipinski definition) is 7. The predicted molar refractivity (Wildman–Crippen MR) is 126 cm³/mol. The number of aliphatic hydroxyl groups is 1. The number of rotatable bonds is 3. The number of ether oxygens (including phenoxy) is 1. The third-order valence-corrected chi connectivity index (χ3v) is 6.45. The zero-order valence-corrected chi connectivity index (χ0v) is 19.0. The van der Waals surface area contributed by atoms with Crippen LogP contribution in [0.15, 0.2) is 36.4 Å². The number of aryl methyl sites for hydroxylation is 1. The number of aliphatic hydroxyl groups excluding tert-OH is 1. The summed E-state index contributed by atoms with van der Waals surface area (Å²) in [5, 5.41) is 16.2. The molecule has 2 aliphatic rings. The van der Waals surface area contributed by atoms with Crippen molar-refractivity contribution >= 4 is 22.8 Å². The third-order valence-electron chi connectivity index (χ3n) is 6.45. The van der Waals surface area contributed by atoms with Gasteiger partial charge in [-0.15, -0.1) is 0 Å². The number of benzene rings is 1. The summed E-state index contributed by atoms with van der Waals surface area (Å²) < 4.78 is 8.12. The number of para-hydroxylation sites is 1. The van der Waals surface area contributed by atoms with Crippen molar-refractivity contribution in [3.63, 3.8) is 0 Å². The fraction of sp³-hybridized carbons (Fsp3) is 0.458. The van der Waals surface area contributed by atoms with Crippen LogP contribution in [0.1, 0.15) is 12.2 Å². The minimum atomic E-state index is -0.296. The number of nitrogens with one attached hydrogen (secondary N) is 2. The topological polar surface area (TPSA) is 105 Å². The Labute approximate surface area is 192 Å². The van der Waals surface area contributed by atoms with Crippen LogP contribution < -0.4 is 10.6 Å². The van der Waals surface area contributed by atoms with Gasteiger partial charge in [0.15, 0.2) is 0 Å². The number of likely N-dealkylation sites (N-methyl/N-ethyl adjacent to an activating group) is 1. The van der Waals surface area contributed by atoms with Gasteiger partial charge in [0.05, 0.1) is 48.6 Å². The van der Waals surface area contributed by atoms with Gasteiger partial charge in [-0.2, -0.15) is 0 Å². The predicted octanol–water partition coefficient (Wildman–Crippen LogP) is 1.40. The van der Waals surface area contributed by atoms with Crippen molar-refractivity contribution in [3.05, 3.63) is 42.2 Å². The molecule has 3 atom stereocenters. The maximum atomic E-state index is 13.1. The molecule has 0 spiro atoms. The zero-order valence-electron chi connectivity index (χ0n) is 19.0. The van der Waals surface area contributed by atoms with Crippen molar-refractivity contribution < 1.29 is 14.6 Å². The molecule has 33 heavy (non-hydrogen) atoms. The van der Waals surface area contributed by atoms with Gasteiger partial charge in [0.1, 0.15) is 11.6 Å². The van der Waals surface area contributed by atoms with Crippen LogP contribution in [0.3, 0.4) is 0 Å². The normalized spacial score (nSPS) is 23.3. The third kappa shape index (κ3) is 4.31. The molecule has 174 valence electrons. The van der Waals surface area contributed by atoms with E-state index < -0.39 is 0 Å². The van der Waals surface area contributed by atoms with Crippen molar-refractivity contribution in [1.29, 1.82) is 0 Å². The molecule has 9 heteroatoms. The number of imidazole rings is 1. The van der Waals surface area contributed by atoms with Gasteiger partial charge in [-0.25, -0.2) is 9.97 Å². The summed E-state index contributed by atoms with van der Waals surface area (Å²) in [5.74, 6) is 1.70. The molecule has 2 aliphatic heterocycles. The lowest BCUT2D eigenvalue weighted by Gasteiger charge is -2.27. The summed E-state index contributed by atoms with van der Waals surface area (Å²) in [6.45, 7) is 3.74. The van der Waals surface area contributed by atoms with Crippen LogP contribution in [0.25, 0.3) is 22.3 Å². The molecule has 1 aromatic carbocycles. The van der Waals surface area contributed by atoms with Crippen molar-refractivity contribution in [2.45, 2.75) is 38.1 Å². The first kappa shape index (κ1) is 21.8. The molecule has 4 heterocycles. The van der Waals surface area contributed by atoms with Crippen LogP contribution >= 0.6 is 0 Å². The Balaban J connectivity index is 1.63. The number of carbonyl (C=O) groups excluding carboxylic acids is 1. The lowest BCUT2D eigenvalue weighted by atomic mass is 10.1. The van der Waals surface area contributed by atoms with Crippen LogP contribution in [0.4, 0.5) is 5.82 Å². The van der Waals surface area contributed by atoms with E-state index in [0.717, 1.165) is 33.9 Å². The first-order valence-corrected chi connectivity index (χ1v) is 11.4. The van der Waals surface area contributed by atoms with Gasteiger partial charge in [0.2, 0.25) is 5.91 Å². The van der Waals surface area contributed by atoms with Crippen molar-refractivity contribution in [2.75, 3.05) is 38.7 Å². The van der Waals surface area contributed by atoms with E-state index in [1.54, 1.807) is 4.90 Å². The quantitative estimate of drug-likeness (QED) is 0.554. The summed E-state index contributed by atoms with van der Waals surface area (Å²) in [5.41, 5.74) is 3.75. The highest BCUT2D eigenvalue weighted by molar-refractivity contribution is 5.92. The van der Waals surface area contributed by atoms with E-state index in [2.05, 4.69) is 21.3 Å². The maximum Gasteiger partial charge on any atom is 0.239 e. The first-order chi connectivity index (χ1) is 16.0. The van der Waals surface area contributed by atoms with Crippen LogP contribution in [-0.4, -0.2) is 82.0 Å². The molecule has 9 nitrogen and oxygen atoms in total. The van der Waals surface area contributed by atoms with Crippen molar-refractivity contribution in [1.82, 2.24) is 24.8 Å². The molecule has 1 saturated heterocycles. The van der Waals surface area contributed by atoms with E-state index in [9.17, 15) is 9.90 Å². The molecule has 0 unspecified atom stereocenters. The number of carbonyl (C=O) groups is 1. The van der Waals surface area contributed by atoms with Crippen LogP contribution in [0.2, 0.25) is 0 Å². The average Bonchev–Trinajstić information content (AvgIpc) is 3.40. The minimum absolute atomic E-state index is 0.0429. The average molecular weight is 451 g/mol. The Morgan fingerprint density at radius 1 is 1.18 bits per heavy atom. The zero-order chi connectivity index (χ0) is 22.9. The smallest absolute Gasteiger partial charge is 0.239 e. The summed E-state index contributed by atoms with van der Waals surface area (Å²) in [4.78, 5) is 24.5. The van der Waals surface area contributed by atoms with Crippen molar-refractivity contribution in [3.8, 4) is 11.3 Å². The molecule has 1 amide bonds. The molecule has 4 bridgehead atoms. The number of aromatic nitrogens is 3. The summed E-state index contributed by atoms with van der Waals surface area (Å²) >= 11 is 0.